The van der Waals surface area contributed by atoms with E-state index in [2.05, 4.69) is 0 Å². The Bertz CT molecular complexity index is 676. The largest absolute Gasteiger partial charge is 0.453 e. The minimum atomic E-state index is -4.68. The van der Waals surface area contributed by atoms with Crippen LogP contribution in [0.3, 0.4) is 0 Å². The number of carbonyl (C=O) groups excluding carboxylic acids is 1. The molecule has 0 fully saturated rings. The van der Waals surface area contributed by atoms with E-state index in [4.69, 9.17) is 4.42 Å². The monoisotopic (exact) mass is 285 g/mol. The summed E-state index contributed by atoms with van der Waals surface area (Å²) in [6.07, 6.45) is -4.29. The van der Waals surface area contributed by atoms with Gasteiger partial charge in [0.05, 0.1) is 16.1 Å². The van der Waals surface area contributed by atoms with Crippen LogP contribution in [0.25, 0.3) is 11.3 Å². The highest BCUT2D eigenvalue weighted by atomic mass is 19.4. The average molecular weight is 285 g/mol. The Kier molecular flexibility index (Phi) is 3.31. The summed E-state index contributed by atoms with van der Waals surface area (Å²) in [7, 11) is 0. The molecule has 0 atom stereocenters. The topological polar surface area (TPSA) is 73.3 Å². The predicted molar refractivity (Wildman–Crippen MR) is 61.2 cm³/mol. The van der Waals surface area contributed by atoms with Crippen molar-refractivity contribution < 1.29 is 27.3 Å². The van der Waals surface area contributed by atoms with Crippen molar-refractivity contribution in [2.24, 2.45) is 0 Å². The fourth-order valence-electron chi connectivity index (χ4n) is 1.63. The zero-order chi connectivity index (χ0) is 14.9. The lowest BCUT2D eigenvalue weighted by Crippen LogP contribution is -2.06. The van der Waals surface area contributed by atoms with Crippen molar-refractivity contribution in [1.82, 2.24) is 0 Å². The van der Waals surface area contributed by atoms with E-state index in [0.717, 1.165) is 6.07 Å². The highest BCUT2D eigenvalue weighted by Gasteiger charge is 2.33. The Labute approximate surface area is 109 Å². The van der Waals surface area contributed by atoms with Crippen molar-refractivity contribution in [2.45, 2.75) is 6.18 Å². The molecule has 1 aromatic carbocycles. The van der Waals surface area contributed by atoms with Crippen LogP contribution in [0.1, 0.15) is 16.1 Å². The number of benzene rings is 1. The number of aldehydes is 1. The molecule has 1 aromatic heterocycles. The van der Waals surface area contributed by atoms with Crippen LogP contribution in [0.15, 0.2) is 34.7 Å². The molecule has 0 aliphatic rings. The fourth-order valence-corrected chi connectivity index (χ4v) is 1.63. The van der Waals surface area contributed by atoms with E-state index in [1.165, 1.54) is 12.1 Å². The molecule has 0 radical (unpaired) electrons. The molecule has 0 amide bonds. The highest BCUT2D eigenvalue weighted by Crippen LogP contribution is 2.37. The number of carbonyl (C=O) groups is 1. The average Bonchev–Trinajstić information content (AvgIpc) is 2.85. The second-order valence-electron chi connectivity index (χ2n) is 3.81. The van der Waals surface area contributed by atoms with Gasteiger partial charge in [-0.15, -0.1) is 0 Å². The molecule has 0 bridgehead atoms. The zero-order valence-corrected chi connectivity index (χ0v) is 9.68. The summed E-state index contributed by atoms with van der Waals surface area (Å²) < 4.78 is 42.6. The Morgan fingerprint density at radius 2 is 1.90 bits per heavy atom. The van der Waals surface area contributed by atoms with Gasteiger partial charge < -0.3 is 4.42 Å². The minimum absolute atomic E-state index is 0.0486. The maximum atomic E-state index is 12.5. The minimum Gasteiger partial charge on any atom is -0.453 e. The van der Waals surface area contributed by atoms with Gasteiger partial charge in [0.25, 0.3) is 5.69 Å². The van der Waals surface area contributed by atoms with E-state index in [-0.39, 0.29) is 17.1 Å². The smallest absolute Gasteiger partial charge is 0.416 e. The highest BCUT2D eigenvalue weighted by molar-refractivity contribution is 5.75. The molecule has 0 N–H and O–H groups in total. The van der Waals surface area contributed by atoms with E-state index in [9.17, 15) is 28.1 Å². The number of hydrogen-bond donors (Lipinski definition) is 0. The van der Waals surface area contributed by atoms with Crippen molar-refractivity contribution in [1.29, 1.82) is 0 Å². The molecule has 0 aliphatic heterocycles. The molecule has 2 aromatic rings. The van der Waals surface area contributed by atoms with Crippen LogP contribution >= 0.6 is 0 Å². The van der Waals surface area contributed by atoms with Gasteiger partial charge in [-0.1, -0.05) is 0 Å². The summed E-state index contributed by atoms with van der Waals surface area (Å²) >= 11 is 0. The summed E-state index contributed by atoms with van der Waals surface area (Å²) in [5, 5.41) is 10.9. The lowest BCUT2D eigenvalue weighted by atomic mass is 10.1. The number of halogens is 3. The first-order valence-electron chi connectivity index (χ1n) is 5.24. The number of furan rings is 1. The number of nitro groups is 1. The zero-order valence-electron chi connectivity index (χ0n) is 9.68. The van der Waals surface area contributed by atoms with E-state index in [0.29, 0.717) is 18.4 Å². The van der Waals surface area contributed by atoms with Crippen molar-refractivity contribution in [3.63, 3.8) is 0 Å². The van der Waals surface area contributed by atoms with Gasteiger partial charge in [-0.05, 0) is 24.3 Å². The maximum Gasteiger partial charge on any atom is 0.416 e. The molecule has 0 aliphatic carbocycles. The van der Waals surface area contributed by atoms with Crippen LogP contribution in [0.4, 0.5) is 18.9 Å². The first-order valence-corrected chi connectivity index (χ1v) is 5.24. The lowest BCUT2D eigenvalue weighted by molar-refractivity contribution is -0.384. The molecular weight excluding hydrogens is 279 g/mol. The first kappa shape index (κ1) is 13.8. The maximum absolute atomic E-state index is 12.5. The summed E-state index contributed by atoms with van der Waals surface area (Å²) in [4.78, 5) is 20.4. The third kappa shape index (κ3) is 2.53. The van der Waals surface area contributed by atoms with Crippen molar-refractivity contribution in [3.05, 3.63) is 51.8 Å². The second-order valence-corrected chi connectivity index (χ2v) is 3.81. The third-order valence-corrected chi connectivity index (χ3v) is 2.53. The Balaban J connectivity index is 2.58. The normalized spacial score (nSPS) is 11.3. The van der Waals surface area contributed by atoms with E-state index < -0.39 is 22.4 Å². The Hall–Kier alpha value is -2.64. The van der Waals surface area contributed by atoms with Crippen molar-refractivity contribution >= 4 is 12.0 Å². The summed E-state index contributed by atoms with van der Waals surface area (Å²) in [6, 6.07) is 4.63. The fraction of sp³-hybridized carbons (Fsp3) is 0.0833. The van der Waals surface area contributed by atoms with Gasteiger partial charge in [0, 0.05) is 6.07 Å². The van der Waals surface area contributed by atoms with E-state index >= 15 is 0 Å². The number of hydrogen-bond acceptors (Lipinski definition) is 4. The van der Waals surface area contributed by atoms with Gasteiger partial charge in [0.15, 0.2) is 12.0 Å². The van der Waals surface area contributed by atoms with Gasteiger partial charge in [-0.25, -0.2) is 0 Å². The second kappa shape index (κ2) is 4.80. The van der Waals surface area contributed by atoms with Crippen LogP contribution < -0.4 is 0 Å². The molecule has 0 spiro atoms. The summed E-state index contributed by atoms with van der Waals surface area (Å²) in [6.45, 7) is 0. The molecule has 0 saturated heterocycles. The van der Waals surface area contributed by atoms with E-state index in [1.54, 1.807) is 0 Å². The Morgan fingerprint density at radius 1 is 1.20 bits per heavy atom. The molecule has 1 heterocycles. The van der Waals surface area contributed by atoms with Crippen molar-refractivity contribution in [2.75, 3.05) is 0 Å². The molecule has 0 unspecified atom stereocenters. The van der Waals surface area contributed by atoms with Gasteiger partial charge in [0.2, 0.25) is 0 Å². The van der Waals surface area contributed by atoms with Crippen LogP contribution in [-0.4, -0.2) is 11.2 Å². The van der Waals surface area contributed by atoms with Crippen LogP contribution in [-0.2, 0) is 6.18 Å². The first-order chi connectivity index (χ1) is 9.32. The van der Waals surface area contributed by atoms with E-state index in [1.807, 2.05) is 0 Å². The number of nitro benzene ring substituents is 1. The van der Waals surface area contributed by atoms with Gasteiger partial charge in [-0.3, -0.25) is 14.9 Å². The quantitative estimate of drug-likeness (QED) is 0.489. The molecule has 8 heteroatoms. The molecule has 2 rings (SSSR count). The van der Waals surface area contributed by atoms with Crippen LogP contribution in [0.2, 0.25) is 0 Å². The van der Waals surface area contributed by atoms with Gasteiger partial charge >= 0.3 is 6.18 Å². The SMILES string of the molecule is O=Cc1ccc(-c2ccc(C(F)(F)F)cc2[N+](=O)[O-])o1. The molecular formula is C12H6F3NO4. The van der Waals surface area contributed by atoms with Gasteiger partial charge in [-0.2, -0.15) is 13.2 Å². The Morgan fingerprint density at radius 3 is 2.40 bits per heavy atom. The standard InChI is InChI=1S/C12H6F3NO4/c13-12(14,15)7-1-3-9(10(5-7)16(18)19)11-4-2-8(6-17)20-11/h1-6H. The molecule has 0 saturated carbocycles. The van der Waals surface area contributed by atoms with Crippen LogP contribution in [0, 0.1) is 10.1 Å². The summed E-state index contributed by atoms with van der Waals surface area (Å²) in [5.41, 5.74) is -2.00. The lowest BCUT2D eigenvalue weighted by Gasteiger charge is -2.07. The molecule has 5 nitrogen and oxygen atoms in total. The number of alkyl halides is 3. The third-order valence-electron chi connectivity index (χ3n) is 2.53. The van der Waals surface area contributed by atoms with Crippen LogP contribution in [0.5, 0.6) is 0 Å². The predicted octanol–water partition coefficient (Wildman–Crippen LogP) is 3.69. The van der Waals surface area contributed by atoms with Crippen molar-refractivity contribution in [3.8, 4) is 11.3 Å². The van der Waals surface area contributed by atoms with Gasteiger partial charge in [0.1, 0.15) is 5.76 Å². The molecule has 20 heavy (non-hydrogen) atoms. The summed E-state index contributed by atoms with van der Waals surface area (Å²) in [5.74, 6) is -0.123. The molecule has 104 valence electrons. The number of nitrogens with zero attached hydrogens (tertiary/aromatic N) is 1. The number of rotatable bonds is 3.